The lowest BCUT2D eigenvalue weighted by molar-refractivity contribution is -0.953. The maximum absolute atomic E-state index is 15.2. The Labute approximate surface area is 267 Å². The monoisotopic (exact) mass is 684 g/mol. The molecule has 0 radical (unpaired) electrons. The van der Waals surface area contributed by atoms with Crippen LogP contribution in [-0.4, -0.2) is 83.2 Å². The van der Waals surface area contributed by atoms with Crippen LogP contribution in [0.4, 0.5) is 18.9 Å². The van der Waals surface area contributed by atoms with E-state index in [1.165, 1.54) is 45.5 Å². The number of carbonyl (C=O) groups excluding carboxylic acids is 2. The number of amides is 2. The van der Waals surface area contributed by atoms with Gasteiger partial charge in [-0.2, -0.15) is 4.31 Å². The molecule has 246 valence electrons. The molecule has 0 spiro atoms. The van der Waals surface area contributed by atoms with Gasteiger partial charge < -0.3 is 24.6 Å². The highest BCUT2D eigenvalue weighted by Crippen LogP contribution is 2.57. The average Bonchev–Trinajstić information content (AvgIpc) is 3.46. The van der Waals surface area contributed by atoms with Crippen molar-refractivity contribution in [3.05, 3.63) is 76.8 Å². The Kier molecular flexibility index (Phi) is 8.43. The van der Waals surface area contributed by atoms with E-state index in [1.807, 2.05) is 0 Å². The molecule has 2 heterocycles. The number of halogens is 4. The van der Waals surface area contributed by atoms with E-state index in [0.717, 1.165) is 18.2 Å². The standard InChI is InChI=1S/C30H29ClF3N3O8S/c1-35-27(39)24-14-19(38)16-37(24,2)29(17-6-5-7-20(12-17)43-3)22-13-18(31)8-10-23(22)36(28(29)40)46(41,42)26-11-9-21(44-4)15-25(26)45-30(32,33)34/h5-13,15,19,24,38H,14,16H2,1-4H3/p+1/t19-,24+,29?,37?/m1/s1. The van der Waals surface area contributed by atoms with Crippen molar-refractivity contribution in [3.63, 3.8) is 0 Å². The van der Waals surface area contributed by atoms with Crippen molar-refractivity contribution in [1.82, 2.24) is 5.32 Å². The van der Waals surface area contributed by atoms with Gasteiger partial charge in [0.2, 0.25) is 5.54 Å². The molecule has 0 aromatic heterocycles. The number of ether oxygens (including phenoxy) is 3. The smallest absolute Gasteiger partial charge is 0.497 e. The summed E-state index contributed by atoms with van der Waals surface area (Å²) in [7, 11) is 0.295. The maximum Gasteiger partial charge on any atom is 0.573 e. The lowest BCUT2D eigenvalue weighted by atomic mass is 9.79. The third kappa shape index (κ3) is 5.11. The minimum Gasteiger partial charge on any atom is -0.497 e. The first-order valence-electron chi connectivity index (χ1n) is 13.8. The van der Waals surface area contributed by atoms with E-state index in [1.54, 1.807) is 25.2 Å². The minimum absolute atomic E-state index is 0.0409. The summed E-state index contributed by atoms with van der Waals surface area (Å²) in [6.45, 7) is -0.189. The van der Waals surface area contributed by atoms with E-state index in [2.05, 4.69) is 10.1 Å². The fraction of sp³-hybridized carbons (Fsp3) is 0.333. The average molecular weight is 685 g/mol. The number of hydrogen-bond donors (Lipinski definition) is 2. The number of nitrogens with zero attached hydrogens (tertiary/aromatic N) is 2. The Balaban J connectivity index is 1.87. The third-order valence-corrected chi connectivity index (χ3v) is 10.5. The molecule has 11 nitrogen and oxygen atoms in total. The van der Waals surface area contributed by atoms with Crippen LogP contribution >= 0.6 is 11.6 Å². The number of aliphatic hydroxyl groups is 1. The number of nitrogens with one attached hydrogen (secondary N) is 1. The van der Waals surface area contributed by atoms with Gasteiger partial charge in [0.05, 0.1) is 32.5 Å². The molecule has 2 amide bonds. The molecule has 1 saturated heterocycles. The minimum atomic E-state index is -5.30. The zero-order valence-electron chi connectivity index (χ0n) is 25.0. The van der Waals surface area contributed by atoms with Crippen LogP contribution in [0.15, 0.2) is 65.6 Å². The van der Waals surface area contributed by atoms with Gasteiger partial charge in [-0.15, -0.1) is 13.2 Å². The van der Waals surface area contributed by atoms with Crippen LogP contribution in [0.3, 0.4) is 0 Å². The predicted octanol–water partition coefficient (Wildman–Crippen LogP) is 3.56. The molecule has 16 heteroatoms. The summed E-state index contributed by atoms with van der Waals surface area (Å²) < 4.78 is 83.9. The third-order valence-electron chi connectivity index (χ3n) is 8.53. The molecule has 3 aromatic carbocycles. The first-order valence-corrected chi connectivity index (χ1v) is 15.6. The molecule has 2 aliphatic rings. The molecule has 3 aromatic rings. The van der Waals surface area contributed by atoms with Crippen LogP contribution in [0.1, 0.15) is 17.5 Å². The first kappa shape index (κ1) is 33.3. The summed E-state index contributed by atoms with van der Waals surface area (Å²) in [5, 5.41) is 13.6. The van der Waals surface area contributed by atoms with Gasteiger partial charge in [-0.1, -0.05) is 23.7 Å². The normalized spacial score (nSPS) is 24.5. The lowest BCUT2D eigenvalue weighted by Gasteiger charge is -2.48. The number of alkyl halides is 3. The number of hydrogen-bond acceptors (Lipinski definition) is 8. The van der Waals surface area contributed by atoms with Gasteiger partial charge in [0.1, 0.15) is 29.0 Å². The molecule has 2 N–H and O–H groups in total. The Morgan fingerprint density at radius 2 is 1.76 bits per heavy atom. The highest BCUT2D eigenvalue weighted by molar-refractivity contribution is 7.93. The molecular formula is C30H30ClF3N3O8S+. The zero-order valence-corrected chi connectivity index (χ0v) is 26.5. The molecule has 0 saturated carbocycles. The number of rotatable bonds is 8. The van der Waals surface area contributed by atoms with Crippen LogP contribution in [0.25, 0.3) is 0 Å². The molecule has 1 fully saturated rings. The number of anilines is 1. The number of aliphatic hydroxyl groups excluding tert-OH is 1. The Morgan fingerprint density at radius 3 is 2.39 bits per heavy atom. The number of methoxy groups -OCH3 is 2. The van der Waals surface area contributed by atoms with Gasteiger partial charge in [-0.3, -0.25) is 14.1 Å². The van der Waals surface area contributed by atoms with Gasteiger partial charge >= 0.3 is 12.3 Å². The number of likely N-dealkylation sites (N-methyl/N-ethyl adjacent to an activating group) is 2. The van der Waals surface area contributed by atoms with E-state index in [-0.39, 0.29) is 46.3 Å². The fourth-order valence-electron chi connectivity index (χ4n) is 6.67. The van der Waals surface area contributed by atoms with E-state index in [9.17, 15) is 31.5 Å². The fourth-order valence-corrected chi connectivity index (χ4v) is 8.40. The van der Waals surface area contributed by atoms with Crippen molar-refractivity contribution in [2.45, 2.75) is 35.4 Å². The second-order valence-corrected chi connectivity index (χ2v) is 13.2. The molecule has 2 aliphatic heterocycles. The second kappa shape index (κ2) is 11.6. The van der Waals surface area contributed by atoms with E-state index in [0.29, 0.717) is 4.31 Å². The van der Waals surface area contributed by atoms with E-state index >= 15 is 4.79 Å². The number of carbonyl (C=O) groups is 2. The van der Waals surface area contributed by atoms with Crippen molar-refractivity contribution < 1.29 is 55.0 Å². The summed E-state index contributed by atoms with van der Waals surface area (Å²) >= 11 is 6.46. The molecule has 0 bridgehead atoms. The zero-order chi connectivity index (χ0) is 33.8. The van der Waals surface area contributed by atoms with Gasteiger partial charge in [-0.05, 0) is 42.5 Å². The van der Waals surface area contributed by atoms with Crippen molar-refractivity contribution in [2.75, 3.05) is 39.2 Å². The lowest BCUT2D eigenvalue weighted by Crippen LogP contribution is -2.69. The van der Waals surface area contributed by atoms with Gasteiger partial charge in [0, 0.05) is 30.1 Å². The number of sulfonamides is 1. The van der Waals surface area contributed by atoms with Gasteiger partial charge in [0.15, 0.2) is 11.8 Å². The van der Waals surface area contributed by atoms with Crippen LogP contribution in [-0.2, 0) is 25.2 Å². The Bertz CT molecular complexity index is 1820. The van der Waals surface area contributed by atoms with Crippen LogP contribution < -0.4 is 23.8 Å². The summed E-state index contributed by atoms with van der Waals surface area (Å²) in [4.78, 5) is 27.6. The molecule has 0 aliphatic carbocycles. The second-order valence-electron chi connectivity index (χ2n) is 11.0. The highest BCUT2D eigenvalue weighted by Gasteiger charge is 2.71. The van der Waals surface area contributed by atoms with Crippen LogP contribution in [0, 0.1) is 0 Å². The molecule has 2 unspecified atom stereocenters. The number of fused-ring (bicyclic) bond motifs is 1. The first-order chi connectivity index (χ1) is 21.5. The van der Waals surface area contributed by atoms with Gasteiger partial charge in [-0.25, -0.2) is 8.42 Å². The number of benzene rings is 3. The van der Waals surface area contributed by atoms with Gasteiger partial charge in [0.25, 0.3) is 15.9 Å². The van der Waals surface area contributed by atoms with Crippen molar-refractivity contribution in [1.29, 1.82) is 0 Å². The quantitative estimate of drug-likeness (QED) is 0.345. The summed E-state index contributed by atoms with van der Waals surface area (Å²) in [6, 6.07) is 11.8. The van der Waals surface area contributed by atoms with Crippen molar-refractivity contribution in [2.24, 2.45) is 0 Å². The van der Waals surface area contributed by atoms with E-state index in [4.69, 9.17) is 21.1 Å². The highest BCUT2D eigenvalue weighted by atomic mass is 35.5. The predicted molar refractivity (Wildman–Crippen MR) is 159 cm³/mol. The summed E-state index contributed by atoms with van der Waals surface area (Å²) in [6.07, 6.45) is -6.48. The SMILES string of the molecule is CNC(=O)[C@@H]1C[C@@H](O)C[N+]1(C)C1(c2cccc(OC)c2)C(=O)N(S(=O)(=O)c2ccc(OC)cc2OC(F)(F)F)c2ccc(Cl)cc21. The summed E-state index contributed by atoms with van der Waals surface area (Å²) in [5.74, 6) is -2.64. The maximum atomic E-state index is 15.2. The number of quaternary nitrogens is 1. The molecule has 46 heavy (non-hydrogen) atoms. The Morgan fingerprint density at radius 1 is 1.09 bits per heavy atom. The molecular weight excluding hydrogens is 655 g/mol. The van der Waals surface area contributed by atoms with Crippen LogP contribution in [0.2, 0.25) is 5.02 Å². The Hall–Kier alpha value is -4.05. The van der Waals surface area contributed by atoms with Crippen LogP contribution in [0.5, 0.6) is 17.2 Å². The molecule has 5 rings (SSSR count). The summed E-state index contributed by atoms with van der Waals surface area (Å²) in [5.41, 5.74) is -2.08. The van der Waals surface area contributed by atoms with Crippen molar-refractivity contribution >= 4 is 39.1 Å². The molecule has 4 atom stereocenters. The van der Waals surface area contributed by atoms with E-state index < -0.39 is 61.0 Å². The van der Waals surface area contributed by atoms with Crippen molar-refractivity contribution in [3.8, 4) is 17.2 Å². The number of likely N-dealkylation sites (tertiary alicyclic amines) is 1. The largest absolute Gasteiger partial charge is 0.573 e. The topological polar surface area (TPSA) is 131 Å².